The molecule has 98 valence electrons. The second-order valence-electron chi connectivity index (χ2n) is 3.70. The zero-order chi connectivity index (χ0) is 14.0. The second-order valence-corrected chi connectivity index (χ2v) is 4.11. The van der Waals surface area contributed by atoms with Gasteiger partial charge < -0.3 is 15.6 Å². The van der Waals surface area contributed by atoms with Crippen LogP contribution in [-0.4, -0.2) is 11.1 Å². The number of carbonyl (C=O) groups is 1. The molecule has 2 aromatic rings. The zero-order valence-corrected chi connectivity index (χ0v) is 10.3. The highest BCUT2D eigenvalue weighted by atomic mass is 35.5. The topological polar surface area (TPSA) is 72.5 Å². The van der Waals surface area contributed by atoms with Crippen molar-refractivity contribution < 1.29 is 19.0 Å². The number of nitrogen functional groups attached to an aromatic ring is 1. The van der Waals surface area contributed by atoms with Gasteiger partial charge in [0.2, 0.25) is 0 Å². The fourth-order valence-corrected chi connectivity index (χ4v) is 1.60. The number of ether oxygens (including phenoxy) is 1. The molecule has 0 aliphatic heterocycles. The molecule has 0 saturated heterocycles. The van der Waals surface area contributed by atoms with Crippen molar-refractivity contribution in [3.05, 3.63) is 52.8 Å². The number of benzene rings is 2. The Morgan fingerprint density at radius 2 is 2.05 bits per heavy atom. The molecule has 6 heteroatoms. The van der Waals surface area contributed by atoms with E-state index in [0.29, 0.717) is 0 Å². The third kappa shape index (κ3) is 2.77. The average Bonchev–Trinajstić information content (AvgIpc) is 2.36. The summed E-state index contributed by atoms with van der Waals surface area (Å²) >= 11 is 5.55. The lowest BCUT2D eigenvalue weighted by molar-refractivity contribution is 0.0697. The van der Waals surface area contributed by atoms with E-state index in [4.69, 9.17) is 27.2 Å². The van der Waals surface area contributed by atoms with Crippen LogP contribution in [0.3, 0.4) is 0 Å². The number of para-hydroxylation sites is 1. The van der Waals surface area contributed by atoms with Crippen LogP contribution in [0.4, 0.5) is 10.1 Å². The van der Waals surface area contributed by atoms with E-state index in [1.165, 1.54) is 30.3 Å². The standard InChI is InChI=1S/C13H9ClFNO3/c14-9-5-4-7(6-10(9)15)19-11-3-1-2-8(12(11)16)13(17)18/h1-6H,16H2,(H,17,18). The molecule has 0 amide bonds. The molecule has 19 heavy (non-hydrogen) atoms. The van der Waals surface area contributed by atoms with Crippen LogP contribution in [0.25, 0.3) is 0 Å². The molecule has 0 heterocycles. The zero-order valence-electron chi connectivity index (χ0n) is 9.56. The van der Waals surface area contributed by atoms with Crippen molar-refractivity contribution in [2.24, 2.45) is 0 Å². The molecular formula is C13H9ClFNO3. The minimum atomic E-state index is -1.16. The van der Waals surface area contributed by atoms with Gasteiger partial charge in [-0.2, -0.15) is 0 Å². The molecule has 0 spiro atoms. The molecule has 0 aliphatic rings. The van der Waals surface area contributed by atoms with Crippen LogP contribution >= 0.6 is 11.6 Å². The van der Waals surface area contributed by atoms with Gasteiger partial charge in [0.1, 0.15) is 11.6 Å². The number of hydrogen-bond acceptors (Lipinski definition) is 3. The van der Waals surface area contributed by atoms with Gasteiger partial charge in [0, 0.05) is 6.07 Å². The van der Waals surface area contributed by atoms with E-state index in [2.05, 4.69) is 0 Å². The van der Waals surface area contributed by atoms with Crippen LogP contribution in [0.15, 0.2) is 36.4 Å². The van der Waals surface area contributed by atoms with Gasteiger partial charge in [0.15, 0.2) is 5.75 Å². The SMILES string of the molecule is Nc1c(Oc2ccc(Cl)c(F)c2)cccc1C(=O)O. The van der Waals surface area contributed by atoms with Crippen molar-refractivity contribution in [2.45, 2.75) is 0 Å². The maximum atomic E-state index is 13.3. The molecule has 0 atom stereocenters. The predicted molar refractivity (Wildman–Crippen MR) is 69.3 cm³/mol. The van der Waals surface area contributed by atoms with E-state index in [1.807, 2.05) is 0 Å². The van der Waals surface area contributed by atoms with Gasteiger partial charge in [0.25, 0.3) is 0 Å². The predicted octanol–water partition coefficient (Wildman–Crippen LogP) is 3.55. The summed E-state index contributed by atoms with van der Waals surface area (Å²) in [7, 11) is 0. The van der Waals surface area contributed by atoms with Crippen molar-refractivity contribution >= 4 is 23.3 Å². The lowest BCUT2D eigenvalue weighted by atomic mass is 10.1. The summed E-state index contributed by atoms with van der Waals surface area (Å²) in [6.45, 7) is 0. The molecule has 0 aromatic heterocycles. The Bertz CT molecular complexity index is 646. The molecule has 0 saturated carbocycles. The molecule has 0 aliphatic carbocycles. The smallest absolute Gasteiger partial charge is 0.337 e. The third-order valence-corrected chi connectivity index (χ3v) is 2.72. The molecule has 3 N–H and O–H groups in total. The first-order valence-corrected chi connectivity index (χ1v) is 5.61. The Hall–Kier alpha value is -2.27. The lowest BCUT2D eigenvalue weighted by Gasteiger charge is -2.10. The highest BCUT2D eigenvalue weighted by molar-refractivity contribution is 6.30. The highest BCUT2D eigenvalue weighted by Gasteiger charge is 2.13. The number of nitrogens with two attached hydrogens (primary N) is 1. The quantitative estimate of drug-likeness (QED) is 0.844. The number of anilines is 1. The van der Waals surface area contributed by atoms with Gasteiger partial charge in [-0.1, -0.05) is 17.7 Å². The van der Waals surface area contributed by atoms with Gasteiger partial charge in [-0.05, 0) is 24.3 Å². The summed E-state index contributed by atoms with van der Waals surface area (Å²) in [6, 6.07) is 8.22. The van der Waals surface area contributed by atoms with E-state index in [-0.39, 0.29) is 27.8 Å². The van der Waals surface area contributed by atoms with E-state index >= 15 is 0 Å². The Labute approximate surface area is 113 Å². The molecule has 2 aromatic carbocycles. The summed E-state index contributed by atoms with van der Waals surface area (Å²) < 4.78 is 18.6. The third-order valence-electron chi connectivity index (χ3n) is 2.42. The molecule has 0 fully saturated rings. The van der Waals surface area contributed by atoms with E-state index in [1.54, 1.807) is 0 Å². The second kappa shape index (κ2) is 5.16. The molecule has 2 rings (SSSR count). The van der Waals surface area contributed by atoms with Gasteiger partial charge in [0.05, 0.1) is 16.3 Å². The van der Waals surface area contributed by atoms with Crippen LogP contribution in [0, 0.1) is 5.82 Å². The molecule has 4 nitrogen and oxygen atoms in total. The Balaban J connectivity index is 2.35. The van der Waals surface area contributed by atoms with Crippen LogP contribution in [0.2, 0.25) is 5.02 Å². The first-order valence-electron chi connectivity index (χ1n) is 5.23. The molecule has 0 radical (unpaired) electrons. The number of carboxylic acids is 1. The largest absolute Gasteiger partial charge is 0.478 e. The normalized spacial score (nSPS) is 10.2. The minimum absolute atomic E-state index is 0.0228. The van der Waals surface area contributed by atoms with Gasteiger partial charge in [-0.3, -0.25) is 0 Å². The fourth-order valence-electron chi connectivity index (χ4n) is 1.49. The average molecular weight is 282 g/mol. The van der Waals surface area contributed by atoms with E-state index < -0.39 is 11.8 Å². The first kappa shape index (κ1) is 13.2. The van der Waals surface area contributed by atoms with Crippen LogP contribution in [0.5, 0.6) is 11.5 Å². The fraction of sp³-hybridized carbons (Fsp3) is 0. The summed E-state index contributed by atoms with van der Waals surface area (Å²) in [4.78, 5) is 10.9. The summed E-state index contributed by atoms with van der Waals surface area (Å²) in [5.74, 6) is -1.48. The van der Waals surface area contributed by atoms with Gasteiger partial charge in [-0.25, -0.2) is 9.18 Å². The Kier molecular flexibility index (Phi) is 3.57. The summed E-state index contributed by atoms with van der Waals surface area (Å²) in [6.07, 6.45) is 0. The number of halogens is 2. The van der Waals surface area contributed by atoms with Crippen molar-refractivity contribution in [3.63, 3.8) is 0 Å². The Morgan fingerprint density at radius 3 is 2.68 bits per heavy atom. The van der Waals surface area contributed by atoms with Crippen molar-refractivity contribution in [1.82, 2.24) is 0 Å². The molecule has 0 bridgehead atoms. The minimum Gasteiger partial charge on any atom is -0.478 e. The lowest BCUT2D eigenvalue weighted by Crippen LogP contribution is -2.03. The van der Waals surface area contributed by atoms with Crippen molar-refractivity contribution in [3.8, 4) is 11.5 Å². The van der Waals surface area contributed by atoms with Crippen LogP contribution in [-0.2, 0) is 0 Å². The van der Waals surface area contributed by atoms with Crippen molar-refractivity contribution in [2.75, 3.05) is 5.73 Å². The Morgan fingerprint density at radius 1 is 1.32 bits per heavy atom. The molecule has 0 unspecified atom stereocenters. The van der Waals surface area contributed by atoms with Gasteiger partial charge >= 0.3 is 5.97 Å². The summed E-state index contributed by atoms with van der Waals surface area (Å²) in [5, 5.41) is 8.90. The first-order chi connectivity index (χ1) is 8.99. The van der Waals surface area contributed by atoms with Crippen LogP contribution in [0.1, 0.15) is 10.4 Å². The number of rotatable bonds is 3. The number of carboxylic acid groups (broad SMARTS) is 1. The van der Waals surface area contributed by atoms with Gasteiger partial charge in [-0.15, -0.1) is 0 Å². The monoisotopic (exact) mass is 281 g/mol. The maximum absolute atomic E-state index is 13.3. The summed E-state index contributed by atoms with van der Waals surface area (Å²) in [5.41, 5.74) is 5.57. The van der Waals surface area contributed by atoms with Crippen LogP contribution < -0.4 is 10.5 Å². The van der Waals surface area contributed by atoms with E-state index in [0.717, 1.165) is 6.07 Å². The number of hydrogen-bond donors (Lipinski definition) is 2. The van der Waals surface area contributed by atoms with Crippen molar-refractivity contribution in [1.29, 1.82) is 0 Å². The molecular weight excluding hydrogens is 273 g/mol. The maximum Gasteiger partial charge on any atom is 0.337 e. The highest BCUT2D eigenvalue weighted by Crippen LogP contribution is 2.31. The number of aromatic carboxylic acids is 1. The van der Waals surface area contributed by atoms with E-state index in [9.17, 15) is 9.18 Å².